The van der Waals surface area contributed by atoms with Crippen LogP contribution in [-0.4, -0.2) is 24.5 Å². The second-order valence-corrected chi connectivity index (χ2v) is 7.94. The van der Waals surface area contributed by atoms with Gasteiger partial charge in [0.15, 0.2) is 0 Å². The second kappa shape index (κ2) is 7.16. The number of hydrogen-bond acceptors (Lipinski definition) is 2. The minimum Gasteiger partial charge on any atom is -0.303 e. The van der Waals surface area contributed by atoms with E-state index >= 15 is 0 Å². The molecule has 0 aliphatic carbocycles. The molecule has 0 amide bonds. The van der Waals surface area contributed by atoms with Gasteiger partial charge in [0.2, 0.25) is 0 Å². The van der Waals surface area contributed by atoms with Crippen LogP contribution in [0.15, 0.2) is 59.5 Å². The van der Waals surface area contributed by atoms with Crippen LogP contribution in [-0.2, 0) is 5.75 Å². The lowest BCUT2D eigenvalue weighted by Crippen LogP contribution is -2.35. The van der Waals surface area contributed by atoms with Crippen LogP contribution in [0.25, 0.3) is 5.57 Å². The molecular weight excluding hydrogens is 310 g/mol. The monoisotopic (exact) mass is 335 g/mol. The summed E-state index contributed by atoms with van der Waals surface area (Å²) in [6.07, 6.45) is 7.72. The van der Waals surface area contributed by atoms with Crippen LogP contribution in [0.5, 0.6) is 0 Å². The molecule has 2 aliphatic heterocycles. The van der Waals surface area contributed by atoms with Crippen molar-refractivity contribution in [2.75, 3.05) is 13.6 Å². The number of benzene rings is 2. The number of likely N-dealkylation sites (tertiary alicyclic amines) is 1. The highest BCUT2D eigenvalue weighted by atomic mass is 32.2. The van der Waals surface area contributed by atoms with Crippen molar-refractivity contribution < 1.29 is 0 Å². The van der Waals surface area contributed by atoms with Crippen molar-refractivity contribution in [2.24, 2.45) is 0 Å². The molecule has 1 fully saturated rings. The summed E-state index contributed by atoms with van der Waals surface area (Å²) in [6.45, 7) is 1.25. The Hall–Kier alpha value is -1.51. The zero-order valence-corrected chi connectivity index (χ0v) is 15.2. The van der Waals surface area contributed by atoms with Crippen molar-refractivity contribution in [3.63, 3.8) is 0 Å². The van der Waals surface area contributed by atoms with Gasteiger partial charge in [-0.1, -0.05) is 55.0 Å². The van der Waals surface area contributed by atoms with Crippen LogP contribution in [0.4, 0.5) is 0 Å². The third-order valence-corrected chi connectivity index (χ3v) is 6.51. The van der Waals surface area contributed by atoms with Gasteiger partial charge in [0.25, 0.3) is 0 Å². The standard InChI is InChI=1S/C22H25NS/c1-23-15-7-6-9-18(23)13-14-20-19-10-3-2-8-17(19)16-24-22-12-5-4-11-21(20)22/h2-5,8,10-12,14,18H,6-7,9,13,15-16H2,1H3/b20-14+. The maximum Gasteiger partial charge on any atom is 0.0238 e. The summed E-state index contributed by atoms with van der Waals surface area (Å²) in [5.41, 5.74) is 5.73. The molecule has 0 bridgehead atoms. The first-order valence-corrected chi connectivity index (χ1v) is 10.0. The quantitative estimate of drug-likeness (QED) is 0.703. The van der Waals surface area contributed by atoms with Crippen molar-refractivity contribution in [3.8, 4) is 0 Å². The topological polar surface area (TPSA) is 3.24 Å². The molecular formula is C22H25NS. The third kappa shape index (κ3) is 3.18. The van der Waals surface area contributed by atoms with E-state index in [2.05, 4.69) is 66.6 Å². The van der Waals surface area contributed by atoms with Crippen LogP contribution in [0.2, 0.25) is 0 Å². The van der Waals surface area contributed by atoms with Crippen LogP contribution in [0, 0.1) is 0 Å². The fraction of sp³-hybridized carbons (Fsp3) is 0.364. The van der Waals surface area contributed by atoms with Gasteiger partial charge in [-0.05, 0) is 61.2 Å². The average Bonchev–Trinajstić information content (AvgIpc) is 2.78. The molecule has 1 atom stereocenters. The molecule has 0 spiro atoms. The largest absolute Gasteiger partial charge is 0.303 e. The van der Waals surface area contributed by atoms with E-state index in [1.807, 2.05) is 11.8 Å². The minimum atomic E-state index is 0.696. The van der Waals surface area contributed by atoms with Gasteiger partial charge in [0.05, 0.1) is 0 Å². The lowest BCUT2D eigenvalue weighted by molar-refractivity contribution is 0.187. The smallest absolute Gasteiger partial charge is 0.0238 e. The van der Waals surface area contributed by atoms with Gasteiger partial charge in [-0.15, -0.1) is 11.8 Å². The lowest BCUT2D eigenvalue weighted by atomic mass is 9.91. The van der Waals surface area contributed by atoms with Crippen molar-refractivity contribution in [1.82, 2.24) is 4.90 Å². The van der Waals surface area contributed by atoms with Crippen LogP contribution in [0.3, 0.4) is 0 Å². The summed E-state index contributed by atoms with van der Waals surface area (Å²) in [7, 11) is 2.28. The number of hydrogen-bond donors (Lipinski definition) is 0. The van der Waals surface area contributed by atoms with Gasteiger partial charge in [0.1, 0.15) is 0 Å². The maximum atomic E-state index is 2.55. The Morgan fingerprint density at radius 1 is 1.04 bits per heavy atom. The molecule has 2 heteroatoms. The summed E-state index contributed by atoms with van der Waals surface area (Å²) in [6, 6.07) is 18.5. The number of piperidine rings is 1. The lowest BCUT2D eigenvalue weighted by Gasteiger charge is -2.32. The van der Waals surface area contributed by atoms with E-state index in [-0.39, 0.29) is 0 Å². The van der Waals surface area contributed by atoms with Gasteiger partial charge < -0.3 is 4.90 Å². The van der Waals surface area contributed by atoms with Crippen molar-refractivity contribution in [2.45, 2.75) is 42.4 Å². The van der Waals surface area contributed by atoms with E-state index in [1.54, 1.807) is 0 Å². The number of nitrogens with zero attached hydrogens (tertiary/aromatic N) is 1. The predicted molar refractivity (Wildman–Crippen MR) is 104 cm³/mol. The molecule has 0 radical (unpaired) electrons. The number of fused-ring (bicyclic) bond motifs is 2. The number of thioether (sulfide) groups is 1. The van der Waals surface area contributed by atoms with Crippen molar-refractivity contribution in [3.05, 3.63) is 71.3 Å². The Bertz CT molecular complexity index is 700. The molecule has 124 valence electrons. The summed E-state index contributed by atoms with van der Waals surface area (Å²) in [5.74, 6) is 1.06. The Labute approximate surface area is 149 Å². The first kappa shape index (κ1) is 16.0. The van der Waals surface area contributed by atoms with Gasteiger partial charge in [0, 0.05) is 16.7 Å². The van der Waals surface area contributed by atoms with Crippen LogP contribution < -0.4 is 0 Å². The van der Waals surface area contributed by atoms with E-state index < -0.39 is 0 Å². The highest BCUT2D eigenvalue weighted by molar-refractivity contribution is 7.98. The van der Waals surface area contributed by atoms with E-state index in [0.29, 0.717) is 6.04 Å². The highest BCUT2D eigenvalue weighted by Crippen LogP contribution is 2.40. The third-order valence-electron chi connectivity index (χ3n) is 5.38. The summed E-state index contributed by atoms with van der Waals surface area (Å²) in [4.78, 5) is 3.96. The molecule has 1 unspecified atom stereocenters. The minimum absolute atomic E-state index is 0.696. The summed E-state index contributed by atoms with van der Waals surface area (Å²) >= 11 is 1.97. The molecule has 0 N–H and O–H groups in total. The molecule has 2 aromatic rings. The Kier molecular flexibility index (Phi) is 4.77. The maximum absolute atomic E-state index is 2.55. The normalized spacial score (nSPS) is 22.7. The molecule has 2 heterocycles. The van der Waals surface area contributed by atoms with Crippen molar-refractivity contribution in [1.29, 1.82) is 0 Å². The molecule has 2 aromatic carbocycles. The summed E-state index contributed by atoms with van der Waals surface area (Å²) < 4.78 is 0. The fourth-order valence-corrected chi connectivity index (χ4v) is 5.01. The predicted octanol–water partition coefficient (Wildman–Crippen LogP) is 5.60. The SMILES string of the molecule is CN1CCCCC1C/C=C1\c2ccccc2CSc2ccccc21. The average molecular weight is 336 g/mol. The molecule has 24 heavy (non-hydrogen) atoms. The molecule has 1 saturated heterocycles. The molecule has 2 aliphatic rings. The summed E-state index contributed by atoms with van der Waals surface area (Å²) in [5, 5.41) is 0. The highest BCUT2D eigenvalue weighted by Gasteiger charge is 2.21. The van der Waals surface area contributed by atoms with E-state index in [1.165, 1.54) is 53.0 Å². The van der Waals surface area contributed by atoms with E-state index in [4.69, 9.17) is 0 Å². The fourth-order valence-electron chi connectivity index (χ4n) is 3.94. The molecule has 4 rings (SSSR count). The Morgan fingerprint density at radius 2 is 1.83 bits per heavy atom. The first-order valence-electron chi connectivity index (χ1n) is 9.04. The first-order chi connectivity index (χ1) is 11.8. The molecule has 1 nitrogen and oxygen atoms in total. The van der Waals surface area contributed by atoms with E-state index in [9.17, 15) is 0 Å². The number of rotatable bonds is 2. The van der Waals surface area contributed by atoms with Crippen molar-refractivity contribution >= 4 is 17.3 Å². The zero-order chi connectivity index (χ0) is 16.4. The van der Waals surface area contributed by atoms with Crippen LogP contribution in [0.1, 0.15) is 42.4 Å². The zero-order valence-electron chi connectivity index (χ0n) is 14.4. The van der Waals surface area contributed by atoms with Gasteiger partial charge in [-0.3, -0.25) is 0 Å². The van der Waals surface area contributed by atoms with Crippen LogP contribution >= 0.6 is 11.8 Å². The molecule has 0 saturated carbocycles. The Morgan fingerprint density at radius 3 is 2.71 bits per heavy atom. The van der Waals surface area contributed by atoms with Gasteiger partial charge in [-0.25, -0.2) is 0 Å². The Balaban J connectivity index is 1.73. The molecule has 0 aromatic heterocycles. The van der Waals surface area contributed by atoms with Gasteiger partial charge in [-0.2, -0.15) is 0 Å². The second-order valence-electron chi connectivity index (χ2n) is 6.93. The van der Waals surface area contributed by atoms with E-state index in [0.717, 1.165) is 12.2 Å². The van der Waals surface area contributed by atoms with Gasteiger partial charge >= 0.3 is 0 Å².